The average Bonchev–Trinajstić information content (AvgIpc) is 2.59. The minimum atomic E-state index is -0.213. The van der Waals surface area contributed by atoms with Gasteiger partial charge in [-0.05, 0) is 50.9 Å². The average molecular weight is 317 g/mol. The Morgan fingerprint density at radius 2 is 1.83 bits per heavy atom. The first kappa shape index (κ1) is 18.0. The third kappa shape index (κ3) is 7.14. The van der Waals surface area contributed by atoms with E-state index in [0.717, 1.165) is 18.5 Å². The van der Waals surface area contributed by atoms with Gasteiger partial charge in [0, 0.05) is 19.0 Å². The molecule has 0 aromatic heterocycles. The Morgan fingerprint density at radius 1 is 1.09 bits per heavy atom. The molecule has 1 aromatic carbocycles. The molecule has 2 rings (SSSR count). The molecular formula is C19H31N3O. The van der Waals surface area contributed by atoms with Crippen molar-refractivity contribution in [3.8, 4) is 0 Å². The van der Waals surface area contributed by atoms with Gasteiger partial charge in [-0.3, -0.25) is 4.79 Å². The van der Waals surface area contributed by atoms with E-state index in [2.05, 4.69) is 10.2 Å². The summed E-state index contributed by atoms with van der Waals surface area (Å²) in [6.07, 6.45) is 7.95. The molecule has 3 N–H and O–H groups in total. The fourth-order valence-corrected chi connectivity index (χ4v) is 3.14. The number of piperidine rings is 1. The van der Waals surface area contributed by atoms with Gasteiger partial charge in [-0.15, -0.1) is 0 Å². The van der Waals surface area contributed by atoms with Crippen molar-refractivity contribution in [2.45, 2.75) is 51.0 Å². The summed E-state index contributed by atoms with van der Waals surface area (Å²) in [5.74, 6) is 0.0531. The lowest BCUT2D eigenvalue weighted by Gasteiger charge is -2.26. The molecule has 1 heterocycles. The number of hydrogen-bond acceptors (Lipinski definition) is 3. The van der Waals surface area contributed by atoms with Gasteiger partial charge < -0.3 is 16.0 Å². The largest absolute Gasteiger partial charge is 0.356 e. The molecule has 128 valence electrons. The standard InChI is InChI=1S/C19H31N3O/c20-18(17-10-4-1-5-11-17)16-19(23)21-12-6-2-7-13-22-14-8-3-9-15-22/h1,4-5,10-11,18H,2-3,6-9,12-16,20H2,(H,21,23). The van der Waals surface area contributed by atoms with Crippen LogP contribution in [0.5, 0.6) is 0 Å². The normalized spacial score (nSPS) is 16.9. The van der Waals surface area contributed by atoms with Gasteiger partial charge in [-0.1, -0.05) is 43.2 Å². The molecule has 1 unspecified atom stereocenters. The number of amides is 1. The lowest BCUT2D eigenvalue weighted by atomic mass is 10.0. The Kier molecular flexibility index (Phi) is 8.12. The molecule has 4 heteroatoms. The van der Waals surface area contributed by atoms with Crippen LogP contribution in [0.15, 0.2) is 30.3 Å². The highest BCUT2D eigenvalue weighted by Gasteiger charge is 2.11. The first-order chi connectivity index (χ1) is 11.3. The molecule has 23 heavy (non-hydrogen) atoms. The van der Waals surface area contributed by atoms with Crippen molar-refractivity contribution in [3.05, 3.63) is 35.9 Å². The number of benzene rings is 1. The Hall–Kier alpha value is -1.39. The molecule has 4 nitrogen and oxygen atoms in total. The van der Waals surface area contributed by atoms with Crippen molar-refractivity contribution < 1.29 is 4.79 Å². The molecule has 1 aliphatic heterocycles. The molecule has 0 radical (unpaired) electrons. The number of nitrogens with zero attached hydrogens (tertiary/aromatic N) is 1. The second-order valence-electron chi connectivity index (χ2n) is 6.53. The molecule has 1 amide bonds. The number of carbonyl (C=O) groups is 1. The van der Waals surface area contributed by atoms with Crippen LogP contribution in [0.25, 0.3) is 0 Å². The Morgan fingerprint density at radius 3 is 2.57 bits per heavy atom. The zero-order valence-corrected chi connectivity index (χ0v) is 14.2. The summed E-state index contributed by atoms with van der Waals surface area (Å²) in [5, 5.41) is 2.99. The van der Waals surface area contributed by atoms with E-state index in [1.165, 1.54) is 51.7 Å². The van der Waals surface area contributed by atoms with Crippen LogP contribution >= 0.6 is 0 Å². The Bertz CT molecular complexity index is 443. The SMILES string of the molecule is NC(CC(=O)NCCCCCN1CCCCC1)c1ccccc1. The maximum atomic E-state index is 11.9. The van der Waals surface area contributed by atoms with E-state index in [1.807, 2.05) is 30.3 Å². The first-order valence-corrected chi connectivity index (χ1v) is 9.05. The minimum absolute atomic E-state index is 0.0531. The quantitative estimate of drug-likeness (QED) is 0.689. The van der Waals surface area contributed by atoms with Gasteiger partial charge in [-0.2, -0.15) is 0 Å². The first-order valence-electron chi connectivity index (χ1n) is 9.05. The zero-order chi connectivity index (χ0) is 16.3. The molecule has 0 bridgehead atoms. The molecule has 0 aliphatic carbocycles. The van der Waals surface area contributed by atoms with Gasteiger partial charge in [0.1, 0.15) is 0 Å². The van der Waals surface area contributed by atoms with Crippen molar-refractivity contribution in [3.63, 3.8) is 0 Å². The molecule has 1 aliphatic rings. The van der Waals surface area contributed by atoms with Crippen LogP contribution in [-0.4, -0.2) is 37.0 Å². The second kappa shape index (κ2) is 10.4. The van der Waals surface area contributed by atoms with Crippen LogP contribution in [0.2, 0.25) is 0 Å². The maximum Gasteiger partial charge on any atom is 0.221 e. The Labute approximate surface area is 140 Å². The highest BCUT2D eigenvalue weighted by atomic mass is 16.1. The van der Waals surface area contributed by atoms with Gasteiger partial charge in [0.25, 0.3) is 0 Å². The predicted octanol–water partition coefficient (Wildman–Crippen LogP) is 2.85. The van der Waals surface area contributed by atoms with Crippen molar-refractivity contribution in [2.24, 2.45) is 5.73 Å². The van der Waals surface area contributed by atoms with Crippen molar-refractivity contribution in [2.75, 3.05) is 26.2 Å². The summed E-state index contributed by atoms with van der Waals surface area (Å²) in [4.78, 5) is 14.5. The van der Waals surface area contributed by atoms with Crippen LogP contribution in [0.4, 0.5) is 0 Å². The van der Waals surface area contributed by atoms with Crippen LogP contribution in [0, 0.1) is 0 Å². The summed E-state index contributed by atoms with van der Waals surface area (Å²) < 4.78 is 0. The summed E-state index contributed by atoms with van der Waals surface area (Å²) in [5.41, 5.74) is 7.08. The number of likely N-dealkylation sites (tertiary alicyclic amines) is 1. The smallest absolute Gasteiger partial charge is 0.221 e. The van der Waals surface area contributed by atoms with E-state index in [0.29, 0.717) is 6.42 Å². The molecule has 1 fully saturated rings. The number of nitrogens with two attached hydrogens (primary N) is 1. The number of unbranched alkanes of at least 4 members (excludes halogenated alkanes) is 2. The molecule has 1 saturated heterocycles. The van der Waals surface area contributed by atoms with Gasteiger partial charge >= 0.3 is 0 Å². The van der Waals surface area contributed by atoms with E-state index in [1.54, 1.807) is 0 Å². The van der Waals surface area contributed by atoms with Crippen LogP contribution in [-0.2, 0) is 4.79 Å². The molecule has 1 atom stereocenters. The van der Waals surface area contributed by atoms with Crippen LogP contribution < -0.4 is 11.1 Å². The maximum absolute atomic E-state index is 11.9. The fraction of sp³-hybridized carbons (Fsp3) is 0.632. The fourth-order valence-electron chi connectivity index (χ4n) is 3.14. The predicted molar refractivity (Wildman–Crippen MR) is 95.1 cm³/mol. The zero-order valence-electron chi connectivity index (χ0n) is 14.2. The van der Waals surface area contributed by atoms with E-state index >= 15 is 0 Å². The number of carbonyl (C=O) groups excluding carboxylic acids is 1. The minimum Gasteiger partial charge on any atom is -0.356 e. The third-order valence-electron chi connectivity index (χ3n) is 4.56. The highest BCUT2D eigenvalue weighted by Crippen LogP contribution is 2.13. The molecule has 0 saturated carbocycles. The highest BCUT2D eigenvalue weighted by molar-refractivity contribution is 5.76. The van der Waals surface area contributed by atoms with E-state index < -0.39 is 0 Å². The third-order valence-corrected chi connectivity index (χ3v) is 4.56. The van der Waals surface area contributed by atoms with Crippen molar-refractivity contribution >= 4 is 5.91 Å². The van der Waals surface area contributed by atoms with Gasteiger partial charge in [0.2, 0.25) is 5.91 Å². The van der Waals surface area contributed by atoms with Gasteiger partial charge in [0.15, 0.2) is 0 Å². The summed E-state index contributed by atoms with van der Waals surface area (Å²) in [7, 11) is 0. The van der Waals surface area contributed by atoms with Crippen LogP contribution in [0.3, 0.4) is 0 Å². The number of hydrogen-bond donors (Lipinski definition) is 2. The van der Waals surface area contributed by atoms with Gasteiger partial charge in [0.05, 0.1) is 0 Å². The molecular weight excluding hydrogens is 286 g/mol. The number of nitrogens with one attached hydrogen (secondary N) is 1. The molecule has 0 spiro atoms. The monoisotopic (exact) mass is 317 g/mol. The van der Waals surface area contributed by atoms with Crippen molar-refractivity contribution in [1.82, 2.24) is 10.2 Å². The van der Waals surface area contributed by atoms with E-state index in [-0.39, 0.29) is 11.9 Å². The van der Waals surface area contributed by atoms with E-state index in [9.17, 15) is 4.79 Å². The molecule has 1 aromatic rings. The van der Waals surface area contributed by atoms with Crippen LogP contribution in [0.1, 0.15) is 56.6 Å². The second-order valence-corrected chi connectivity index (χ2v) is 6.53. The van der Waals surface area contributed by atoms with E-state index in [4.69, 9.17) is 5.73 Å². The summed E-state index contributed by atoms with van der Waals surface area (Å²) >= 11 is 0. The summed E-state index contributed by atoms with van der Waals surface area (Å²) in [6.45, 7) is 4.52. The number of rotatable bonds is 9. The lowest BCUT2D eigenvalue weighted by molar-refractivity contribution is -0.121. The lowest BCUT2D eigenvalue weighted by Crippen LogP contribution is -2.31. The summed E-state index contributed by atoms with van der Waals surface area (Å²) in [6, 6.07) is 9.59. The van der Waals surface area contributed by atoms with Crippen molar-refractivity contribution in [1.29, 1.82) is 0 Å². The van der Waals surface area contributed by atoms with Gasteiger partial charge in [-0.25, -0.2) is 0 Å². The Balaban J connectivity index is 1.49. The topological polar surface area (TPSA) is 58.4 Å².